The van der Waals surface area contributed by atoms with Crippen molar-refractivity contribution in [3.8, 4) is 0 Å². The van der Waals surface area contributed by atoms with Crippen LogP contribution in [0.4, 0.5) is 21.0 Å². The highest BCUT2D eigenvalue weighted by Crippen LogP contribution is 2.40. The number of ether oxygens (including phenoxy) is 1. The second kappa shape index (κ2) is 8.75. The first-order valence-corrected chi connectivity index (χ1v) is 10.0. The number of rotatable bonds is 4. The van der Waals surface area contributed by atoms with Gasteiger partial charge in [0.2, 0.25) is 0 Å². The summed E-state index contributed by atoms with van der Waals surface area (Å²) < 4.78 is 5.68. The van der Waals surface area contributed by atoms with Crippen molar-refractivity contribution in [3.05, 3.63) is 60.7 Å². The van der Waals surface area contributed by atoms with Crippen molar-refractivity contribution in [2.45, 2.75) is 57.7 Å². The standard InChI is InChI=1S/C23H29N3O4/c1-22(2)15-19(29-20(27)24-17-11-7-5-8-12-17)16-23(3,4)26(22)30-21(28)25-18-13-9-6-10-14-18/h5-14,19H,15-16H2,1-4H3,(H,24,27)(H,25,28). The number of anilines is 2. The van der Waals surface area contributed by atoms with E-state index in [1.807, 2.05) is 64.1 Å². The first-order valence-electron chi connectivity index (χ1n) is 10.0. The molecular formula is C23H29N3O4. The molecule has 2 N–H and O–H groups in total. The highest BCUT2D eigenvalue weighted by Gasteiger charge is 2.49. The molecule has 2 amide bonds. The van der Waals surface area contributed by atoms with Gasteiger partial charge in [0, 0.05) is 24.2 Å². The number of carbonyl (C=O) groups is 2. The Labute approximate surface area is 177 Å². The fourth-order valence-corrected chi connectivity index (χ4v) is 4.07. The molecule has 0 bridgehead atoms. The molecule has 1 aliphatic heterocycles. The third-order valence-corrected chi connectivity index (χ3v) is 5.04. The summed E-state index contributed by atoms with van der Waals surface area (Å²) in [5.74, 6) is 0. The summed E-state index contributed by atoms with van der Waals surface area (Å²) >= 11 is 0. The Morgan fingerprint density at radius 1 is 0.800 bits per heavy atom. The van der Waals surface area contributed by atoms with E-state index in [0.29, 0.717) is 24.2 Å². The molecule has 0 radical (unpaired) electrons. The van der Waals surface area contributed by atoms with Crippen LogP contribution in [-0.2, 0) is 9.57 Å². The van der Waals surface area contributed by atoms with E-state index in [9.17, 15) is 9.59 Å². The number of piperidine rings is 1. The smallest absolute Gasteiger partial charge is 0.430 e. The van der Waals surface area contributed by atoms with Crippen molar-refractivity contribution < 1.29 is 19.2 Å². The Kier molecular flexibility index (Phi) is 6.31. The van der Waals surface area contributed by atoms with Gasteiger partial charge in [0.15, 0.2) is 0 Å². The number of hydrogen-bond acceptors (Lipinski definition) is 5. The van der Waals surface area contributed by atoms with Crippen LogP contribution in [-0.4, -0.2) is 34.4 Å². The molecule has 7 nitrogen and oxygen atoms in total. The lowest BCUT2D eigenvalue weighted by atomic mass is 9.80. The Morgan fingerprint density at radius 2 is 1.23 bits per heavy atom. The van der Waals surface area contributed by atoms with E-state index < -0.39 is 23.3 Å². The molecule has 0 saturated carbocycles. The average Bonchev–Trinajstić information content (AvgIpc) is 2.65. The third kappa shape index (κ3) is 5.51. The highest BCUT2D eigenvalue weighted by molar-refractivity contribution is 5.85. The van der Waals surface area contributed by atoms with E-state index in [0.717, 1.165) is 0 Å². The van der Waals surface area contributed by atoms with E-state index in [1.165, 1.54) is 0 Å². The van der Waals surface area contributed by atoms with Gasteiger partial charge in [-0.25, -0.2) is 9.59 Å². The maximum atomic E-state index is 12.4. The Bertz CT molecular complexity index is 851. The fraction of sp³-hybridized carbons (Fsp3) is 0.391. The van der Waals surface area contributed by atoms with Crippen molar-refractivity contribution in [3.63, 3.8) is 0 Å². The molecule has 30 heavy (non-hydrogen) atoms. The number of carbonyl (C=O) groups excluding carboxylic acids is 2. The quantitative estimate of drug-likeness (QED) is 0.702. The van der Waals surface area contributed by atoms with Crippen molar-refractivity contribution in [2.24, 2.45) is 0 Å². The summed E-state index contributed by atoms with van der Waals surface area (Å²) in [5, 5.41) is 7.18. The monoisotopic (exact) mass is 411 g/mol. The summed E-state index contributed by atoms with van der Waals surface area (Å²) in [6.07, 6.45) is -0.303. The lowest BCUT2D eigenvalue weighted by Gasteiger charge is -2.52. The number of nitrogens with zero attached hydrogens (tertiary/aromatic N) is 1. The summed E-state index contributed by atoms with van der Waals surface area (Å²) in [4.78, 5) is 30.5. The van der Waals surface area contributed by atoms with Crippen molar-refractivity contribution >= 4 is 23.6 Å². The SMILES string of the molecule is CC1(C)CC(OC(=O)Nc2ccccc2)CC(C)(C)N1OC(=O)Nc1ccccc1. The first kappa shape index (κ1) is 21.6. The highest BCUT2D eigenvalue weighted by atomic mass is 16.7. The molecular weight excluding hydrogens is 382 g/mol. The zero-order valence-electron chi connectivity index (χ0n) is 17.8. The largest absolute Gasteiger partial charge is 0.446 e. The van der Waals surface area contributed by atoms with Crippen LogP contribution in [0.15, 0.2) is 60.7 Å². The summed E-state index contributed by atoms with van der Waals surface area (Å²) in [5.41, 5.74) is 0.272. The van der Waals surface area contributed by atoms with Gasteiger partial charge >= 0.3 is 12.2 Å². The number of nitrogens with one attached hydrogen (secondary N) is 2. The molecule has 7 heteroatoms. The van der Waals surface area contributed by atoms with Crippen LogP contribution in [0.5, 0.6) is 0 Å². The van der Waals surface area contributed by atoms with Gasteiger partial charge in [0.05, 0.1) is 11.1 Å². The molecule has 1 heterocycles. The molecule has 0 aliphatic carbocycles. The lowest BCUT2D eigenvalue weighted by Crippen LogP contribution is -2.62. The van der Waals surface area contributed by atoms with Crippen LogP contribution in [0.2, 0.25) is 0 Å². The maximum absolute atomic E-state index is 12.4. The molecule has 160 valence electrons. The van der Waals surface area contributed by atoms with Crippen LogP contribution in [0.25, 0.3) is 0 Å². The van der Waals surface area contributed by atoms with E-state index in [1.54, 1.807) is 29.3 Å². The number of benzene rings is 2. The normalized spacial score (nSPS) is 18.3. The van der Waals surface area contributed by atoms with Gasteiger partial charge in [-0.15, -0.1) is 5.06 Å². The van der Waals surface area contributed by atoms with Crippen LogP contribution in [0.3, 0.4) is 0 Å². The maximum Gasteiger partial charge on any atom is 0.430 e. The predicted octanol–water partition coefficient (Wildman–Crippen LogP) is 5.42. The number of hydrogen-bond donors (Lipinski definition) is 2. The van der Waals surface area contributed by atoms with Crippen molar-refractivity contribution in [1.29, 1.82) is 0 Å². The predicted molar refractivity (Wildman–Crippen MR) is 116 cm³/mol. The van der Waals surface area contributed by atoms with Gasteiger partial charge in [-0.3, -0.25) is 10.6 Å². The van der Waals surface area contributed by atoms with Crippen LogP contribution < -0.4 is 10.6 Å². The first-order chi connectivity index (χ1) is 14.2. The van der Waals surface area contributed by atoms with Crippen LogP contribution in [0.1, 0.15) is 40.5 Å². The second-order valence-electron chi connectivity index (χ2n) is 8.72. The number of hydroxylamine groups is 2. The second-order valence-corrected chi connectivity index (χ2v) is 8.72. The van der Waals surface area contributed by atoms with Gasteiger partial charge in [0.25, 0.3) is 0 Å². The topological polar surface area (TPSA) is 79.9 Å². The zero-order chi connectivity index (χ0) is 21.8. The summed E-state index contributed by atoms with van der Waals surface area (Å²) in [6.45, 7) is 7.87. The minimum absolute atomic E-state index is 0.309. The Morgan fingerprint density at radius 3 is 1.70 bits per heavy atom. The van der Waals surface area contributed by atoms with Crippen LogP contribution >= 0.6 is 0 Å². The summed E-state index contributed by atoms with van der Waals surface area (Å²) in [6, 6.07) is 18.3. The van der Waals surface area contributed by atoms with Gasteiger partial charge < -0.3 is 9.57 Å². The molecule has 0 spiro atoms. The average molecular weight is 412 g/mol. The fourth-order valence-electron chi connectivity index (χ4n) is 4.07. The van der Waals surface area contributed by atoms with E-state index in [2.05, 4.69) is 10.6 Å². The number of para-hydroxylation sites is 2. The molecule has 1 fully saturated rings. The van der Waals surface area contributed by atoms with Crippen LogP contribution in [0, 0.1) is 0 Å². The molecule has 2 aromatic carbocycles. The van der Waals surface area contributed by atoms with Gasteiger partial charge in [-0.05, 0) is 52.0 Å². The van der Waals surface area contributed by atoms with E-state index in [-0.39, 0.29) is 6.10 Å². The molecule has 0 atom stereocenters. The minimum atomic E-state index is -0.552. The Hall–Kier alpha value is -3.06. The molecule has 2 aromatic rings. The van der Waals surface area contributed by atoms with E-state index in [4.69, 9.17) is 9.57 Å². The molecule has 1 saturated heterocycles. The number of amides is 2. The molecule has 3 rings (SSSR count). The van der Waals surface area contributed by atoms with Gasteiger partial charge in [-0.1, -0.05) is 36.4 Å². The van der Waals surface area contributed by atoms with Crippen molar-refractivity contribution in [2.75, 3.05) is 10.6 Å². The van der Waals surface area contributed by atoms with Gasteiger partial charge in [-0.2, -0.15) is 0 Å². The van der Waals surface area contributed by atoms with E-state index >= 15 is 0 Å². The van der Waals surface area contributed by atoms with Crippen molar-refractivity contribution in [1.82, 2.24) is 5.06 Å². The van der Waals surface area contributed by atoms with Gasteiger partial charge in [0.1, 0.15) is 6.10 Å². The zero-order valence-corrected chi connectivity index (χ0v) is 17.8. The molecule has 1 aliphatic rings. The lowest BCUT2D eigenvalue weighted by molar-refractivity contribution is -0.251. The summed E-state index contributed by atoms with van der Waals surface area (Å²) in [7, 11) is 0. The molecule has 0 aromatic heterocycles. The third-order valence-electron chi connectivity index (χ3n) is 5.04. The Balaban J connectivity index is 1.62. The molecule has 0 unspecified atom stereocenters. The minimum Gasteiger partial charge on any atom is -0.446 e.